The Kier molecular flexibility index (Phi) is 30.4. The van der Waals surface area contributed by atoms with E-state index in [1.165, 1.54) is 57.8 Å². The Hall–Kier alpha value is -1.29. The quantitative estimate of drug-likeness (QED) is 0.0272. The van der Waals surface area contributed by atoms with Crippen LogP contribution in [0.25, 0.3) is 0 Å². The van der Waals surface area contributed by atoms with Gasteiger partial charge in [0.15, 0.2) is 0 Å². The van der Waals surface area contributed by atoms with Gasteiger partial charge in [0.25, 0.3) is 0 Å². The number of aliphatic hydroxyl groups is 2. The highest BCUT2D eigenvalue weighted by atomic mass is 31.2. The van der Waals surface area contributed by atoms with E-state index in [9.17, 15) is 29.3 Å². The van der Waals surface area contributed by atoms with E-state index in [2.05, 4.69) is 26.0 Å². The first-order chi connectivity index (χ1) is 21.8. The van der Waals surface area contributed by atoms with Crippen LogP contribution in [0.15, 0.2) is 12.2 Å². The summed E-state index contributed by atoms with van der Waals surface area (Å²) in [5.41, 5.74) is 0. The number of rotatable bonds is 33. The topological polar surface area (TPSA) is 149 Å². The number of carbonyl (C=O) groups is 2. The highest BCUT2D eigenvalue weighted by Crippen LogP contribution is 2.43. The molecule has 0 aromatic rings. The monoisotopic (exact) mass is 664 g/mol. The van der Waals surface area contributed by atoms with Crippen molar-refractivity contribution in [3.05, 3.63) is 12.2 Å². The van der Waals surface area contributed by atoms with E-state index in [1.54, 1.807) is 0 Å². The fourth-order valence-electron chi connectivity index (χ4n) is 4.68. The fraction of sp³-hybridized carbons (Fsp3) is 0.882. The van der Waals surface area contributed by atoms with Crippen LogP contribution >= 0.6 is 7.82 Å². The molecule has 266 valence electrons. The number of hydrogen-bond donors (Lipinski definition) is 3. The van der Waals surface area contributed by atoms with Crippen LogP contribution in [0.2, 0.25) is 0 Å². The lowest BCUT2D eigenvalue weighted by molar-refractivity contribution is -0.153. The molecule has 45 heavy (non-hydrogen) atoms. The minimum Gasteiger partial charge on any atom is -0.457 e. The Balaban J connectivity index is 4.03. The minimum atomic E-state index is -4.62. The van der Waals surface area contributed by atoms with E-state index in [4.69, 9.17) is 18.5 Å². The smallest absolute Gasteiger partial charge is 0.457 e. The molecular formula is C34H65O10P. The largest absolute Gasteiger partial charge is 0.472 e. The maximum Gasteiger partial charge on any atom is 0.472 e. The summed E-state index contributed by atoms with van der Waals surface area (Å²) >= 11 is 0. The van der Waals surface area contributed by atoms with E-state index in [1.807, 2.05) is 0 Å². The number of phosphoric acid groups is 1. The lowest BCUT2D eigenvalue weighted by Gasteiger charge is -2.20. The summed E-state index contributed by atoms with van der Waals surface area (Å²) in [6, 6.07) is 0. The van der Waals surface area contributed by atoms with Crippen LogP contribution in [0.5, 0.6) is 0 Å². The Morgan fingerprint density at radius 2 is 0.933 bits per heavy atom. The molecule has 0 fully saturated rings. The first-order valence-electron chi connectivity index (χ1n) is 17.6. The Bertz CT molecular complexity index is 776. The molecule has 0 rings (SSSR count). The van der Waals surface area contributed by atoms with Gasteiger partial charge in [-0.25, -0.2) is 4.57 Å². The summed E-state index contributed by atoms with van der Waals surface area (Å²) in [5.74, 6) is -1.03. The van der Waals surface area contributed by atoms with Gasteiger partial charge in [-0.05, 0) is 32.1 Å². The second-order valence-corrected chi connectivity index (χ2v) is 13.3. The zero-order valence-corrected chi connectivity index (χ0v) is 29.2. The van der Waals surface area contributed by atoms with E-state index in [0.717, 1.165) is 57.8 Å². The van der Waals surface area contributed by atoms with Gasteiger partial charge in [0.05, 0.1) is 26.4 Å². The van der Waals surface area contributed by atoms with Crippen molar-refractivity contribution in [2.24, 2.45) is 0 Å². The number of hydrogen-bond acceptors (Lipinski definition) is 9. The van der Waals surface area contributed by atoms with Crippen LogP contribution < -0.4 is 0 Å². The maximum absolute atomic E-state index is 12.3. The van der Waals surface area contributed by atoms with Crippen molar-refractivity contribution in [3.8, 4) is 0 Å². The van der Waals surface area contributed by atoms with Gasteiger partial charge in [0, 0.05) is 12.8 Å². The fourth-order valence-corrected chi connectivity index (χ4v) is 5.47. The minimum absolute atomic E-state index is 0.184. The summed E-state index contributed by atoms with van der Waals surface area (Å²) in [4.78, 5) is 34.2. The van der Waals surface area contributed by atoms with Gasteiger partial charge in [-0.1, -0.05) is 122 Å². The van der Waals surface area contributed by atoms with Crippen molar-refractivity contribution in [3.63, 3.8) is 0 Å². The third-order valence-corrected chi connectivity index (χ3v) is 8.43. The molecule has 3 atom stereocenters. The molecule has 0 spiro atoms. The lowest BCUT2D eigenvalue weighted by atomic mass is 10.1. The van der Waals surface area contributed by atoms with Crippen molar-refractivity contribution >= 4 is 19.8 Å². The zero-order valence-electron chi connectivity index (χ0n) is 28.3. The normalized spacial score (nSPS) is 14.3. The average Bonchev–Trinajstić information content (AvgIpc) is 3.02. The molecule has 0 aliphatic carbocycles. The van der Waals surface area contributed by atoms with Gasteiger partial charge in [-0.3, -0.25) is 18.6 Å². The van der Waals surface area contributed by atoms with E-state index < -0.39 is 58.4 Å². The summed E-state index contributed by atoms with van der Waals surface area (Å²) in [6.07, 6.45) is 24.8. The van der Waals surface area contributed by atoms with Crippen LogP contribution in [-0.2, 0) is 32.7 Å². The molecule has 0 aliphatic rings. The second-order valence-electron chi connectivity index (χ2n) is 11.9. The van der Waals surface area contributed by atoms with Crippen molar-refractivity contribution < 1.29 is 47.8 Å². The van der Waals surface area contributed by atoms with Crippen LogP contribution in [-0.4, -0.2) is 65.7 Å². The van der Waals surface area contributed by atoms with Gasteiger partial charge in [0.2, 0.25) is 0 Å². The SMILES string of the molecule is CCCC/C=C\CCCCCCCC(=O)OC(CO)COP(=O)(O)OCC(CO)OC(=O)CCCCCCCCCCCCC. The third-order valence-electron chi connectivity index (χ3n) is 7.48. The van der Waals surface area contributed by atoms with Gasteiger partial charge < -0.3 is 24.6 Å². The molecule has 10 nitrogen and oxygen atoms in total. The molecule has 0 amide bonds. The number of aliphatic hydroxyl groups excluding tert-OH is 2. The third kappa shape index (κ3) is 29.8. The predicted molar refractivity (Wildman–Crippen MR) is 178 cm³/mol. The maximum atomic E-state index is 12.3. The summed E-state index contributed by atoms with van der Waals surface area (Å²) < 4.78 is 32.3. The van der Waals surface area contributed by atoms with Crippen LogP contribution in [0.4, 0.5) is 0 Å². The second kappa shape index (κ2) is 31.3. The predicted octanol–water partition coefficient (Wildman–Crippen LogP) is 8.11. The number of carbonyl (C=O) groups excluding carboxylic acids is 2. The zero-order chi connectivity index (χ0) is 33.4. The van der Waals surface area contributed by atoms with Gasteiger partial charge >= 0.3 is 19.8 Å². The molecule has 0 radical (unpaired) electrons. The van der Waals surface area contributed by atoms with Crippen molar-refractivity contribution in [1.29, 1.82) is 0 Å². The summed E-state index contributed by atoms with van der Waals surface area (Å²) in [7, 11) is -4.62. The molecule has 0 saturated heterocycles. The molecule has 3 N–H and O–H groups in total. The molecule has 0 saturated carbocycles. The molecule has 0 aromatic heterocycles. The van der Waals surface area contributed by atoms with Gasteiger partial charge in [-0.15, -0.1) is 0 Å². The number of ether oxygens (including phenoxy) is 2. The van der Waals surface area contributed by atoms with Gasteiger partial charge in [0.1, 0.15) is 12.2 Å². The van der Waals surface area contributed by atoms with E-state index in [0.29, 0.717) is 12.8 Å². The first kappa shape index (κ1) is 43.7. The average molecular weight is 665 g/mol. The highest BCUT2D eigenvalue weighted by Gasteiger charge is 2.27. The van der Waals surface area contributed by atoms with E-state index >= 15 is 0 Å². The van der Waals surface area contributed by atoms with Crippen LogP contribution in [0.1, 0.15) is 155 Å². The van der Waals surface area contributed by atoms with Crippen molar-refractivity contribution in [1.82, 2.24) is 0 Å². The number of esters is 2. The summed E-state index contributed by atoms with van der Waals surface area (Å²) in [5, 5.41) is 19.0. The Morgan fingerprint density at radius 1 is 0.578 bits per heavy atom. The van der Waals surface area contributed by atoms with Crippen LogP contribution in [0, 0.1) is 0 Å². The number of unbranched alkanes of at least 4 members (excludes halogenated alkanes) is 17. The first-order valence-corrected chi connectivity index (χ1v) is 19.1. The molecule has 0 aliphatic heterocycles. The number of phosphoric ester groups is 1. The Labute approximate surface area is 273 Å². The Morgan fingerprint density at radius 3 is 1.33 bits per heavy atom. The van der Waals surface area contributed by atoms with Gasteiger partial charge in [-0.2, -0.15) is 0 Å². The van der Waals surface area contributed by atoms with E-state index in [-0.39, 0.29) is 12.8 Å². The molecule has 3 unspecified atom stereocenters. The molecule has 0 bridgehead atoms. The standard InChI is InChI=1S/C34H65O10P/c1-3-5-7-9-11-13-15-17-19-21-23-25-33(37)43-31(27-35)29-41-45(39,40)42-30-32(28-36)44-34(38)26-24-22-20-18-16-14-12-10-8-6-4-2/h9,11,31-32,35-36H,3-8,10,12-30H2,1-2H3,(H,39,40)/b11-9-. The number of allylic oxidation sites excluding steroid dienone is 2. The van der Waals surface area contributed by atoms with Crippen LogP contribution in [0.3, 0.4) is 0 Å². The lowest BCUT2D eigenvalue weighted by Crippen LogP contribution is -2.28. The molecule has 0 aromatic carbocycles. The molecular weight excluding hydrogens is 599 g/mol. The highest BCUT2D eigenvalue weighted by molar-refractivity contribution is 7.47. The van der Waals surface area contributed by atoms with Crippen molar-refractivity contribution in [2.75, 3.05) is 26.4 Å². The van der Waals surface area contributed by atoms with Crippen molar-refractivity contribution in [2.45, 2.75) is 167 Å². The molecule has 11 heteroatoms. The molecule has 0 heterocycles. The summed E-state index contributed by atoms with van der Waals surface area (Å²) in [6.45, 7) is 2.12.